The third-order valence-corrected chi connectivity index (χ3v) is 5.45. The molecule has 1 fully saturated rings. The topological polar surface area (TPSA) is 53.7 Å². The molecule has 26 heavy (non-hydrogen) atoms. The van der Waals surface area contributed by atoms with Crippen molar-refractivity contribution in [2.45, 2.75) is 6.92 Å². The summed E-state index contributed by atoms with van der Waals surface area (Å²) in [5.74, 6) is 0.834. The molecule has 0 N–H and O–H groups in total. The normalized spacial score (nSPS) is 15.5. The van der Waals surface area contributed by atoms with Crippen LogP contribution in [0.2, 0.25) is 0 Å². The molecule has 2 aromatic heterocycles. The van der Waals surface area contributed by atoms with E-state index in [0.717, 1.165) is 60.4 Å². The monoisotopic (exact) mass is 413 g/mol. The van der Waals surface area contributed by atoms with Gasteiger partial charge in [0.1, 0.15) is 11.2 Å². The zero-order chi connectivity index (χ0) is 18.1. The Morgan fingerprint density at radius 3 is 2.54 bits per heavy atom. The van der Waals surface area contributed by atoms with Crippen molar-refractivity contribution < 1.29 is 4.79 Å². The van der Waals surface area contributed by atoms with Crippen LogP contribution in [0.4, 0.5) is 5.82 Å². The van der Waals surface area contributed by atoms with E-state index in [-0.39, 0.29) is 0 Å². The molecule has 0 radical (unpaired) electrons. The molecule has 3 heterocycles. The quantitative estimate of drug-likeness (QED) is 0.615. The first kappa shape index (κ1) is 17.2. The molecule has 0 bridgehead atoms. The largest absolute Gasteiger partial charge is 0.352 e. The molecule has 0 saturated carbocycles. The maximum Gasteiger partial charge on any atom is 0.155 e. The zero-order valence-corrected chi connectivity index (χ0v) is 16.2. The van der Waals surface area contributed by atoms with Gasteiger partial charge in [-0.1, -0.05) is 35.0 Å². The summed E-state index contributed by atoms with van der Waals surface area (Å²) in [4.78, 5) is 21.2. The van der Waals surface area contributed by atoms with Crippen LogP contribution in [0.15, 0.2) is 41.1 Å². The summed E-state index contributed by atoms with van der Waals surface area (Å²) in [6.07, 6.45) is 4.45. The number of carbonyl (C=O) groups excluding carboxylic acids is 1. The number of anilines is 1. The van der Waals surface area contributed by atoms with Crippen LogP contribution in [0.25, 0.3) is 16.8 Å². The van der Waals surface area contributed by atoms with Crippen molar-refractivity contribution in [3.63, 3.8) is 0 Å². The molecule has 3 aromatic rings. The summed E-state index contributed by atoms with van der Waals surface area (Å²) in [5.41, 5.74) is 2.98. The third kappa shape index (κ3) is 3.01. The van der Waals surface area contributed by atoms with Gasteiger partial charge in [0.25, 0.3) is 0 Å². The number of piperazine rings is 1. The average Bonchev–Trinajstić information content (AvgIpc) is 3.07. The van der Waals surface area contributed by atoms with E-state index < -0.39 is 0 Å². The highest BCUT2D eigenvalue weighted by Crippen LogP contribution is 2.30. The molecule has 0 aliphatic carbocycles. The molecule has 134 valence electrons. The highest BCUT2D eigenvalue weighted by molar-refractivity contribution is 9.10. The van der Waals surface area contributed by atoms with Crippen molar-refractivity contribution in [2.75, 3.05) is 37.6 Å². The van der Waals surface area contributed by atoms with Gasteiger partial charge >= 0.3 is 0 Å². The molecule has 0 spiro atoms. The summed E-state index contributed by atoms with van der Waals surface area (Å²) in [5, 5.41) is 4.66. The molecule has 1 aliphatic rings. The lowest BCUT2D eigenvalue weighted by Crippen LogP contribution is -2.46. The molecule has 1 aromatic carbocycles. The van der Waals surface area contributed by atoms with E-state index in [0.29, 0.717) is 11.3 Å². The minimum atomic E-state index is 0.591. The van der Waals surface area contributed by atoms with Crippen molar-refractivity contribution in [3.05, 3.63) is 46.7 Å². The van der Waals surface area contributed by atoms with Crippen LogP contribution in [-0.2, 0) is 0 Å². The standard InChI is InChI=1S/C19H20BrN5O/c1-2-23-9-11-24(12-10-23)19-18-16(13-26)17(22-25(18)8-7-21-19)14-3-5-15(20)6-4-14/h3-8,13H,2,9-12H2,1H3. The molecular weight excluding hydrogens is 394 g/mol. The van der Waals surface area contributed by atoms with Gasteiger partial charge in [-0.25, -0.2) is 9.50 Å². The first-order valence-corrected chi connectivity index (χ1v) is 9.56. The molecular formula is C19H20BrN5O. The van der Waals surface area contributed by atoms with Gasteiger partial charge in [0, 0.05) is 48.6 Å². The maximum atomic E-state index is 12.0. The van der Waals surface area contributed by atoms with E-state index in [2.05, 4.69) is 42.7 Å². The van der Waals surface area contributed by atoms with Crippen molar-refractivity contribution in [3.8, 4) is 11.3 Å². The first-order chi connectivity index (χ1) is 12.7. The van der Waals surface area contributed by atoms with E-state index in [1.54, 1.807) is 16.9 Å². The van der Waals surface area contributed by atoms with Gasteiger partial charge < -0.3 is 9.80 Å². The molecule has 4 rings (SSSR count). The second kappa shape index (κ2) is 7.17. The van der Waals surface area contributed by atoms with Gasteiger partial charge in [0.05, 0.1) is 5.56 Å². The molecule has 1 aliphatic heterocycles. The van der Waals surface area contributed by atoms with Crippen molar-refractivity contribution >= 4 is 33.6 Å². The van der Waals surface area contributed by atoms with Gasteiger partial charge in [-0.15, -0.1) is 0 Å². The second-order valence-electron chi connectivity index (χ2n) is 6.35. The Balaban J connectivity index is 1.81. The Morgan fingerprint density at radius 1 is 1.15 bits per heavy atom. The summed E-state index contributed by atoms with van der Waals surface area (Å²) >= 11 is 3.45. The number of fused-ring (bicyclic) bond motifs is 1. The fraction of sp³-hybridized carbons (Fsp3) is 0.316. The van der Waals surface area contributed by atoms with E-state index in [1.807, 2.05) is 24.3 Å². The Bertz CT molecular complexity index is 929. The van der Waals surface area contributed by atoms with E-state index in [9.17, 15) is 4.79 Å². The van der Waals surface area contributed by atoms with E-state index in [4.69, 9.17) is 0 Å². The summed E-state index contributed by atoms with van der Waals surface area (Å²) < 4.78 is 2.77. The number of aldehydes is 1. The number of benzene rings is 1. The lowest BCUT2D eigenvalue weighted by molar-refractivity contribution is 0.112. The predicted octanol–water partition coefficient (Wildman–Crippen LogP) is 3.11. The highest BCUT2D eigenvalue weighted by atomic mass is 79.9. The van der Waals surface area contributed by atoms with Gasteiger partial charge in [-0.3, -0.25) is 4.79 Å². The van der Waals surface area contributed by atoms with Crippen LogP contribution in [0.3, 0.4) is 0 Å². The minimum Gasteiger partial charge on any atom is -0.352 e. The van der Waals surface area contributed by atoms with Gasteiger partial charge in [-0.05, 0) is 18.7 Å². The Labute approximate surface area is 160 Å². The van der Waals surface area contributed by atoms with Crippen LogP contribution >= 0.6 is 15.9 Å². The Morgan fingerprint density at radius 2 is 1.88 bits per heavy atom. The van der Waals surface area contributed by atoms with Crippen molar-refractivity contribution in [1.82, 2.24) is 19.5 Å². The van der Waals surface area contributed by atoms with Crippen molar-refractivity contribution in [2.24, 2.45) is 0 Å². The molecule has 6 nitrogen and oxygen atoms in total. The van der Waals surface area contributed by atoms with Gasteiger partial charge in [0.2, 0.25) is 0 Å². The number of halogens is 1. The van der Waals surface area contributed by atoms with Gasteiger partial charge in [-0.2, -0.15) is 5.10 Å². The van der Waals surface area contributed by atoms with Gasteiger partial charge in [0.15, 0.2) is 12.1 Å². The van der Waals surface area contributed by atoms with E-state index >= 15 is 0 Å². The molecule has 0 amide bonds. The molecule has 7 heteroatoms. The highest BCUT2D eigenvalue weighted by Gasteiger charge is 2.23. The maximum absolute atomic E-state index is 12.0. The number of hydrogen-bond donors (Lipinski definition) is 0. The van der Waals surface area contributed by atoms with Crippen LogP contribution in [0.5, 0.6) is 0 Å². The summed E-state index contributed by atoms with van der Waals surface area (Å²) in [6.45, 7) is 7.05. The number of aromatic nitrogens is 3. The van der Waals surface area contributed by atoms with Crippen LogP contribution < -0.4 is 4.90 Å². The number of likely N-dealkylation sites (N-methyl/N-ethyl adjacent to an activating group) is 1. The van der Waals surface area contributed by atoms with Crippen LogP contribution in [0.1, 0.15) is 17.3 Å². The van der Waals surface area contributed by atoms with E-state index in [1.165, 1.54) is 0 Å². The molecule has 1 saturated heterocycles. The number of nitrogens with zero attached hydrogens (tertiary/aromatic N) is 5. The summed E-state index contributed by atoms with van der Waals surface area (Å²) in [7, 11) is 0. The minimum absolute atomic E-state index is 0.591. The SMILES string of the molecule is CCN1CCN(c2nccn3nc(-c4ccc(Br)cc4)c(C=O)c23)CC1. The predicted molar refractivity (Wildman–Crippen MR) is 106 cm³/mol. The Hall–Kier alpha value is -2.25. The number of hydrogen-bond acceptors (Lipinski definition) is 5. The average molecular weight is 414 g/mol. The number of carbonyl (C=O) groups is 1. The fourth-order valence-electron chi connectivity index (χ4n) is 3.45. The van der Waals surface area contributed by atoms with Crippen LogP contribution in [-0.4, -0.2) is 58.5 Å². The third-order valence-electron chi connectivity index (χ3n) is 4.92. The summed E-state index contributed by atoms with van der Waals surface area (Å²) in [6, 6.07) is 7.84. The smallest absolute Gasteiger partial charge is 0.155 e. The fourth-order valence-corrected chi connectivity index (χ4v) is 3.71. The molecule has 0 unspecified atom stereocenters. The lowest BCUT2D eigenvalue weighted by Gasteiger charge is -2.34. The molecule has 0 atom stereocenters. The number of rotatable bonds is 4. The second-order valence-corrected chi connectivity index (χ2v) is 7.27. The lowest BCUT2D eigenvalue weighted by atomic mass is 10.1. The first-order valence-electron chi connectivity index (χ1n) is 8.77. The Kier molecular flexibility index (Phi) is 4.74. The van der Waals surface area contributed by atoms with Crippen LogP contribution in [0, 0.1) is 0 Å². The zero-order valence-electron chi connectivity index (χ0n) is 14.6. The van der Waals surface area contributed by atoms with Crippen molar-refractivity contribution in [1.29, 1.82) is 0 Å².